The molecule has 5 heteroatoms. The zero-order chi connectivity index (χ0) is 14.6. The van der Waals surface area contributed by atoms with Gasteiger partial charge in [0.05, 0.1) is 18.1 Å². The fourth-order valence-corrected chi connectivity index (χ4v) is 3.61. The van der Waals surface area contributed by atoms with Crippen molar-refractivity contribution in [2.75, 3.05) is 46.4 Å². The van der Waals surface area contributed by atoms with Crippen molar-refractivity contribution in [1.82, 2.24) is 9.80 Å². The van der Waals surface area contributed by atoms with Crippen molar-refractivity contribution >= 4 is 5.97 Å². The maximum atomic E-state index is 11.7. The van der Waals surface area contributed by atoms with Crippen LogP contribution in [0.4, 0.5) is 0 Å². The Bertz CT molecular complexity index is 333. The predicted octanol–water partition coefficient (Wildman–Crippen LogP) is 1.28. The zero-order valence-corrected chi connectivity index (χ0v) is 12.8. The third-order valence-corrected chi connectivity index (χ3v) is 4.64. The average molecular weight is 284 g/mol. The molecule has 116 valence electrons. The second kappa shape index (κ2) is 6.87. The molecule has 0 amide bonds. The van der Waals surface area contributed by atoms with Crippen LogP contribution in [0.5, 0.6) is 0 Å². The molecule has 2 rings (SSSR count). The van der Waals surface area contributed by atoms with Gasteiger partial charge in [-0.15, -0.1) is 0 Å². The predicted molar refractivity (Wildman–Crippen MR) is 77.9 cm³/mol. The molecule has 0 aromatic rings. The highest BCUT2D eigenvalue weighted by molar-refractivity contribution is 5.75. The van der Waals surface area contributed by atoms with Crippen LogP contribution in [0.25, 0.3) is 0 Å². The first-order valence-electron chi connectivity index (χ1n) is 7.81. The van der Waals surface area contributed by atoms with Crippen LogP contribution in [0.1, 0.15) is 32.6 Å². The molecule has 1 N–H and O–H groups in total. The van der Waals surface area contributed by atoms with Crippen molar-refractivity contribution in [1.29, 1.82) is 0 Å². The molecule has 0 aromatic heterocycles. The van der Waals surface area contributed by atoms with Crippen molar-refractivity contribution in [2.45, 2.75) is 38.7 Å². The lowest BCUT2D eigenvalue weighted by Gasteiger charge is -2.42. The molecule has 2 saturated heterocycles. The van der Waals surface area contributed by atoms with E-state index in [9.17, 15) is 9.90 Å². The molecule has 2 heterocycles. The minimum atomic E-state index is -0.620. The summed E-state index contributed by atoms with van der Waals surface area (Å²) in [5.41, 5.74) is -0.534. The number of piperidine rings is 1. The number of rotatable bonds is 5. The third kappa shape index (κ3) is 3.71. The second-order valence-electron chi connectivity index (χ2n) is 6.43. The summed E-state index contributed by atoms with van der Waals surface area (Å²) >= 11 is 0. The van der Waals surface area contributed by atoms with Gasteiger partial charge in [-0.2, -0.15) is 0 Å². The molecule has 0 radical (unpaired) electrons. The molecule has 0 aliphatic carbocycles. The van der Waals surface area contributed by atoms with Gasteiger partial charge in [-0.25, -0.2) is 0 Å². The number of hydrogen-bond donors (Lipinski definition) is 1. The van der Waals surface area contributed by atoms with Crippen molar-refractivity contribution in [3.63, 3.8) is 0 Å². The van der Waals surface area contributed by atoms with Crippen molar-refractivity contribution in [2.24, 2.45) is 5.41 Å². The largest absolute Gasteiger partial charge is 0.481 e. The number of nitrogens with zero attached hydrogens (tertiary/aromatic N) is 2. The number of carboxylic acids is 1. The summed E-state index contributed by atoms with van der Waals surface area (Å²) in [7, 11) is 2.12. The van der Waals surface area contributed by atoms with Crippen LogP contribution in [0.3, 0.4) is 0 Å². The smallest absolute Gasteiger partial charge is 0.310 e. The number of morpholine rings is 1. The van der Waals surface area contributed by atoms with Gasteiger partial charge in [0.15, 0.2) is 0 Å². The van der Waals surface area contributed by atoms with E-state index in [1.807, 2.05) is 0 Å². The highest BCUT2D eigenvalue weighted by atomic mass is 16.5. The first-order valence-corrected chi connectivity index (χ1v) is 7.81. The normalized spacial score (nSPS) is 33.2. The Labute approximate surface area is 121 Å². The van der Waals surface area contributed by atoms with Crippen molar-refractivity contribution < 1.29 is 14.6 Å². The molecule has 20 heavy (non-hydrogen) atoms. The molecule has 0 bridgehead atoms. The Morgan fingerprint density at radius 2 is 2.25 bits per heavy atom. The molecule has 0 spiro atoms. The van der Waals surface area contributed by atoms with Gasteiger partial charge in [0, 0.05) is 26.2 Å². The van der Waals surface area contributed by atoms with Crippen LogP contribution < -0.4 is 0 Å². The summed E-state index contributed by atoms with van der Waals surface area (Å²) in [6.07, 6.45) is 3.74. The number of carboxylic acid groups (broad SMARTS) is 1. The number of carbonyl (C=O) groups is 1. The van der Waals surface area contributed by atoms with Crippen LogP contribution in [0, 0.1) is 5.41 Å². The highest BCUT2D eigenvalue weighted by Gasteiger charge is 2.41. The highest BCUT2D eigenvalue weighted by Crippen LogP contribution is 2.35. The molecule has 2 fully saturated rings. The number of ether oxygens (including phenoxy) is 1. The van der Waals surface area contributed by atoms with Gasteiger partial charge in [-0.3, -0.25) is 9.69 Å². The maximum Gasteiger partial charge on any atom is 0.310 e. The van der Waals surface area contributed by atoms with Crippen LogP contribution in [-0.2, 0) is 9.53 Å². The number of hydrogen-bond acceptors (Lipinski definition) is 4. The van der Waals surface area contributed by atoms with Crippen LogP contribution in [-0.4, -0.2) is 73.4 Å². The Hall–Kier alpha value is -0.650. The van der Waals surface area contributed by atoms with Crippen LogP contribution in [0.15, 0.2) is 0 Å². The van der Waals surface area contributed by atoms with E-state index in [1.54, 1.807) is 0 Å². The van der Waals surface area contributed by atoms with E-state index in [0.717, 1.165) is 58.5 Å². The van der Waals surface area contributed by atoms with E-state index in [4.69, 9.17) is 4.74 Å². The third-order valence-electron chi connectivity index (χ3n) is 4.64. The molecule has 2 unspecified atom stereocenters. The molecule has 0 aromatic carbocycles. The fraction of sp³-hybridized carbons (Fsp3) is 0.933. The van der Waals surface area contributed by atoms with E-state index in [2.05, 4.69) is 23.8 Å². The monoisotopic (exact) mass is 284 g/mol. The minimum Gasteiger partial charge on any atom is -0.481 e. The number of likely N-dealkylation sites (tertiary alicyclic amines) is 1. The van der Waals surface area contributed by atoms with Crippen LogP contribution >= 0.6 is 0 Å². The lowest BCUT2D eigenvalue weighted by atomic mass is 9.76. The van der Waals surface area contributed by atoms with E-state index in [-0.39, 0.29) is 6.10 Å². The van der Waals surface area contributed by atoms with Gasteiger partial charge in [0.25, 0.3) is 0 Å². The number of likely N-dealkylation sites (N-methyl/N-ethyl adjacent to an activating group) is 1. The molecular formula is C15H28N2O3. The van der Waals surface area contributed by atoms with E-state index < -0.39 is 11.4 Å². The minimum absolute atomic E-state index is 0.222. The molecular weight excluding hydrogens is 256 g/mol. The van der Waals surface area contributed by atoms with Gasteiger partial charge < -0.3 is 14.7 Å². The first kappa shape index (κ1) is 15.7. The Kier molecular flexibility index (Phi) is 5.41. The molecule has 2 aliphatic rings. The molecule has 2 aliphatic heterocycles. The fourth-order valence-electron chi connectivity index (χ4n) is 3.61. The van der Waals surface area contributed by atoms with Gasteiger partial charge in [0.2, 0.25) is 0 Å². The van der Waals surface area contributed by atoms with Gasteiger partial charge >= 0.3 is 5.97 Å². The summed E-state index contributed by atoms with van der Waals surface area (Å²) in [4.78, 5) is 16.3. The Morgan fingerprint density at radius 3 is 2.90 bits per heavy atom. The van der Waals surface area contributed by atoms with Crippen molar-refractivity contribution in [3.8, 4) is 0 Å². The first-order chi connectivity index (χ1) is 9.55. The standard InChI is InChI=1S/C15H28N2O3/c1-3-5-15(14(18)19)6-4-7-17(12-15)11-13-10-16(2)8-9-20-13/h13H,3-12H2,1-2H3,(H,18,19). The summed E-state index contributed by atoms with van der Waals surface area (Å²) < 4.78 is 5.81. The lowest BCUT2D eigenvalue weighted by molar-refractivity contribution is -0.154. The van der Waals surface area contributed by atoms with E-state index in [0.29, 0.717) is 6.54 Å². The lowest BCUT2D eigenvalue weighted by Crippen LogP contribution is -2.52. The topological polar surface area (TPSA) is 53.0 Å². The van der Waals surface area contributed by atoms with E-state index in [1.165, 1.54) is 0 Å². The summed E-state index contributed by atoms with van der Waals surface area (Å²) in [6.45, 7) is 7.35. The summed E-state index contributed by atoms with van der Waals surface area (Å²) in [5.74, 6) is -0.620. The summed E-state index contributed by atoms with van der Waals surface area (Å²) in [6, 6.07) is 0. The Morgan fingerprint density at radius 1 is 1.45 bits per heavy atom. The maximum absolute atomic E-state index is 11.7. The zero-order valence-electron chi connectivity index (χ0n) is 12.8. The Balaban J connectivity index is 1.93. The van der Waals surface area contributed by atoms with Gasteiger partial charge in [0.1, 0.15) is 0 Å². The molecule has 0 saturated carbocycles. The van der Waals surface area contributed by atoms with E-state index >= 15 is 0 Å². The summed E-state index contributed by atoms with van der Waals surface area (Å²) in [5, 5.41) is 9.62. The molecule has 5 nitrogen and oxygen atoms in total. The van der Waals surface area contributed by atoms with Crippen molar-refractivity contribution in [3.05, 3.63) is 0 Å². The van der Waals surface area contributed by atoms with Gasteiger partial charge in [-0.1, -0.05) is 13.3 Å². The number of aliphatic carboxylic acids is 1. The van der Waals surface area contributed by atoms with Gasteiger partial charge in [-0.05, 0) is 32.9 Å². The molecule has 2 atom stereocenters. The quantitative estimate of drug-likeness (QED) is 0.824. The SMILES string of the molecule is CCCC1(C(=O)O)CCCN(CC2CN(C)CCO2)C1. The second-order valence-corrected chi connectivity index (χ2v) is 6.43. The van der Waals surface area contributed by atoms with Crippen LogP contribution in [0.2, 0.25) is 0 Å². The average Bonchev–Trinajstić information content (AvgIpc) is 2.39.